The van der Waals surface area contributed by atoms with Gasteiger partial charge in [-0.1, -0.05) is 36.4 Å². The molecule has 1 aromatic carbocycles. The first-order valence-electron chi connectivity index (χ1n) is 10.5. The normalized spacial score (nSPS) is 12.2. The standard InChI is InChI=1S/C23H25N5O4S/c1-16(18-9-6-12-33-18)25-19(29)14-28-22(30)20-21(24-15-26(20)10-11-32-2)27(23(28)31)13-17-7-4-3-5-8-17/h3-9,12,15-16H,10-11,13-14H2,1-2H3,(H,25,29). The summed E-state index contributed by atoms with van der Waals surface area (Å²) < 4.78 is 9.21. The molecule has 172 valence electrons. The molecule has 1 N–H and O–H groups in total. The molecule has 1 amide bonds. The maximum Gasteiger partial charge on any atom is 0.333 e. The molecule has 3 heterocycles. The van der Waals surface area contributed by atoms with Crippen molar-refractivity contribution in [2.45, 2.75) is 32.6 Å². The molecule has 9 nitrogen and oxygen atoms in total. The highest BCUT2D eigenvalue weighted by Crippen LogP contribution is 2.18. The highest BCUT2D eigenvalue weighted by Gasteiger charge is 2.20. The van der Waals surface area contributed by atoms with Crippen molar-refractivity contribution in [1.29, 1.82) is 0 Å². The van der Waals surface area contributed by atoms with Crippen molar-refractivity contribution in [1.82, 2.24) is 24.0 Å². The Morgan fingerprint density at radius 2 is 1.94 bits per heavy atom. The Morgan fingerprint density at radius 3 is 2.64 bits per heavy atom. The molecule has 0 spiro atoms. The summed E-state index contributed by atoms with van der Waals surface area (Å²) >= 11 is 1.53. The van der Waals surface area contributed by atoms with Gasteiger partial charge in [-0.15, -0.1) is 11.3 Å². The number of aromatic nitrogens is 4. The number of hydrogen-bond acceptors (Lipinski definition) is 6. The minimum atomic E-state index is -0.577. The summed E-state index contributed by atoms with van der Waals surface area (Å²) in [6, 6.07) is 13.0. The summed E-state index contributed by atoms with van der Waals surface area (Å²) in [5, 5.41) is 4.80. The lowest BCUT2D eigenvalue weighted by Gasteiger charge is -2.15. The van der Waals surface area contributed by atoms with E-state index < -0.39 is 17.2 Å². The fourth-order valence-corrected chi connectivity index (χ4v) is 4.42. The van der Waals surface area contributed by atoms with Gasteiger partial charge in [0, 0.05) is 18.5 Å². The second-order valence-corrected chi connectivity index (χ2v) is 8.63. The van der Waals surface area contributed by atoms with Crippen LogP contribution in [0.5, 0.6) is 0 Å². The van der Waals surface area contributed by atoms with Crippen LogP contribution >= 0.6 is 11.3 Å². The van der Waals surface area contributed by atoms with Crippen LogP contribution < -0.4 is 16.6 Å². The highest BCUT2D eigenvalue weighted by molar-refractivity contribution is 7.10. The lowest BCUT2D eigenvalue weighted by Crippen LogP contribution is -2.44. The Labute approximate surface area is 193 Å². The molecule has 0 fully saturated rings. The molecule has 10 heteroatoms. The number of nitrogens with zero attached hydrogens (tertiary/aromatic N) is 4. The van der Waals surface area contributed by atoms with E-state index in [1.54, 1.807) is 11.7 Å². The van der Waals surface area contributed by atoms with E-state index in [-0.39, 0.29) is 30.3 Å². The lowest BCUT2D eigenvalue weighted by atomic mass is 10.2. The molecule has 0 radical (unpaired) electrons. The Morgan fingerprint density at radius 1 is 1.15 bits per heavy atom. The zero-order chi connectivity index (χ0) is 23.4. The Bertz CT molecular complexity index is 1360. The van der Waals surface area contributed by atoms with Gasteiger partial charge in [-0.25, -0.2) is 14.3 Å². The average Bonchev–Trinajstić information content (AvgIpc) is 3.49. The van der Waals surface area contributed by atoms with E-state index in [0.29, 0.717) is 13.2 Å². The molecule has 0 aliphatic rings. The third-order valence-electron chi connectivity index (χ3n) is 5.35. The molecule has 1 unspecified atom stereocenters. The van der Waals surface area contributed by atoms with Gasteiger partial charge in [0.15, 0.2) is 11.2 Å². The van der Waals surface area contributed by atoms with Gasteiger partial charge in [0.2, 0.25) is 5.91 Å². The van der Waals surface area contributed by atoms with Crippen LogP contribution in [-0.2, 0) is 29.2 Å². The van der Waals surface area contributed by atoms with Crippen LogP contribution in [0.15, 0.2) is 63.8 Å². The monoisotopic (exact) mass is 467 g/mol. The van der Waals surface area contributed by atoms with E-state index >= 15 is 0 Å². The Kier molecular flexibility index (Phi) is 6.85. The molecule has 3 aromatic heterocycles. The van der Waals surface area contributed by atoms with E-state index in [1.165, 1.54) is 22.2 Å². The maximum atomic E-state index is 13.4. The minimum Gasteiger partial charge on any atom is -0.383 e. The first kappa shape index (κ1) is 22.7. The largest absolute Gasteiger partial charge is 0.383 e. The van der Waals surface area contributed by atoms with Crippen LogP contribution in [0.3, 0.4) is 0 Å². The van der Waals surface area contributed by atoms with Gasteiger partial charge in [0.05, 0.1) is 25.5 Å². The van der Waals surface area contributed by atoms with Crippen molar-refractivity contribution >= 4 is 28.4 Å². The van der Waals surface area contributed by atoms with Crippen LogP contribution in [0, 0.1) is 0 Å². The zero-order valence-corrected chi connectivity index (χ0v) is 19.2. The van der Waals surface area contributed by atoms with Gasteiger partial charge in [-0.2, -0.15) is 0 Å². The first-order valence-corrected chi connectivity index (χ1v) is 11.4. The summed E-state index contributed by atoms with van der Waals surface area (Å²) in [5.74, 6) is -0.413. The molecular formula is C23H25N5O4S. The molecule has 33 heavy (non-hydrogen) atoms. The van der Waals surface area contributed by atoms with Crippen molar-refractivity contribution in [2.24, 2.45) is 0 Å². The van der Waals surface area contributed by atoms with E-state index in [4.69, 9.17) is 4.74 Å². The van der Waals surface area contributed by atoms with Crippen LogP contribution in [0.25, 0.3) is 11.2 Å². The number of hydrogen-bond donors (Lipinski definition) is 1. The second kappa shape index (κ2) is 9.97. The Balaban J connectivity index is 1.75. The zero-order valence-electron chi connectivity index (χ0n) is 18.4. The van der Waals surface area contributed by atoms with E-state index in [1.807, 2.05) is 54.8 Å². The Hall–Kier alpha value is -3.50. The number of carbonyl (C=O) groups is 1. The smallest absolute Gasteiger partial charge is 0.333 e. The van der Waals surface area contributed by atoms with Crippen molar-refractivity contribution in [2.75, 3.05) is 13.7 Å². The molecule has 0 aliphatic carbocycles. The first-order chi connectivity index (χ1) is 16.0. The van der Waals surface area contributed by atoms with Gasteiger partial charge >= 0.3 is 5.69 Å². The number of fused-ring (bicyclic) bond motifs is 1. The van der Waals surface area contributed by atoms with Crippen molar-refractivity contribution in [3.8, 4) is 0 Å². The predicted molar refractivity (Wildman–Crippen MR) is 127 cm³/mol. The van der Waals surface area contributed by atoms with Gasteiger partial charge < -0.3 is 14.6 Å². The molecule has 4 rings (SSSR count). The number of thiophene rings is 1. The summed E-state index contributed by atoms with van der Waals surface area (Å²) in [6.45, 7) is 2.48. The van der Waals surface area contributed by atoms with Crippen LogP contribution in [0.4, 0.5) is 0 Å². The molecule has 0 aliphatic heterocycles. The van der Waals surface area contributed by atoms with Crippen LogP contribution in [0.2, 0.25) is 0 Å². The minimum absolute atomic E-state index is 0.226. The number of ether oxygens (including phenoxy) is 1. The summed E-state index contributed by atoms with van der Waals surface area (Å²) in [6.07, 6.45) is 1.52. The number of amides is 1. The van der Waals surface area contributed by atoms with Gasteiger partial charge in [-0.3, -0.25) is 14.2 Å². The number of imidazole rings is 1. The molecular weight excluding hydrogens is 442 g/mol. The van der Waals surface area contributed by atoms with Gasteiger partial charge in [0.25, 0.3) is 5.56 Å². The fraction of sp³-hybridized carbons (Fsp3) is 0.304. The van der Waals surface area contributed by atoms with Gasteiger partial charge in [0.1, 0.15) is 6.54 Å². The van der Waals surface area contributed by atoms with Crippen molar-refractivity contribution in [3.63, 3.8) is 0 Å². The second-order valence-electron chi connectivity index (χ2n) is 7.65. The SMILES string of the molecule is COCCn1cnc2c1c(=O)n(CC(=O)NC(C)c1cccs1)c(=O)n2Cc1ccccc1. The molecule has 0 bridgehead atoms. The van der Waals surface area contributed by atoms with Crippen LogP contribution in [0.1, 0.15) is 23.4 Å². The summed E-state index contributed by atoms with van der Waals surface area (Å²) in [5.41, 5.74) is 0.308. The fourth-order valence-electron chi connectivity index (χ4n) is 3.69. The number of nitrogens with one attached hydrogen (secondary N) is 1. The predicted octanol–water partition coefficient (Wildman–Crippen LogP) is 1.99. The van der Waals surface area contributed by atoms with Crippen molar-refractivity contribution < 1.29 is 9.53 Å². The summed E-state index contributed by atoms with van der Waals surface area (Å²) in [7, 11) is 1.57. The molecule has 4 aromatic rings. The van der Waals surface area contributed by atoms with Crippen molar-refractivity contribution in [3.05, 3.63) is 85.5 Å². The number of rotatable bonds is 9. The highest BCUT2D eigenvalue weighted by atomic mass is 32.1. The molecule has 0 saturated heterocycles. The number of benzene rings is 1. The third kappa shape index (κ3) is 4.81. The van der Waals surface area contributed by atoms with E-state index in [9.17, 15) is 14.4 Å². The quantitative estimate of drug-likeness (QED) is 0.406. The average molecular weight is 468 g/mol. The van der Waals surface area contributed by atoms with E-state index in [0.717, 1.165) is 15.0 Å². The van der Waals surface area contributed by atoms with E-state index in [2.05, 4.69) is 10.3 Å². The number of methoxy groups -OCH3 is 1. The van der Waals surface area contributed by atoms with Crippen LogP contribution in [-0.4, -0.2) is 38.3 Å². The summed E-state index contributed by atoms with van der Waals surface area (Å²) in [4.78, 5) is 44.8. The third-order valence-corrected chi connectivity index (χ3v) is 6.41. The molecule has 0 saturated carbocycles. The maximum absolute atomic E-state index is 13.4. The van der Waals surface area contributed by atoms with Gasteiger partial charge in [-0.05, 0) is 23.9 Å². The number of carbonyl (C=O) groups excluding carboxylic acids is 1. The lowest BCUT2D eigenvalue weighted by molar-refractivity contribution is -0.122. The molecule has 1 atom stereocenters. The topological polar surface area (TPSA) is 100 Å².